The molecule has 150 valence electrons. The van der Waals surface area contributed by atoms with E-state index in [2.05, 4.69) is 24.0 Å². The zero-order chi connectivity index (χ0) is 20.1. The first-order valence-corrected chi connectivity index (χ1v) is 9.70. The summed E-state index contributed by atoms with van der Waals surface area (Å²) in [5.74, 6) is 1.05. The quantitative estimate of drug-likeness (QED) is 0.711. The van der Waals surface area contributed by atoms with Crippen LogP contribution in [0.25, 0.3) is 0 Å². The van der Waals surface area contributed by atoms with E-state index in [1.54, 1.807) is 11.8 Å². The van der Waals surface area contributed by atoms with Gasteiger partial charge in [0.2, 0.25) is 5.91 Å². The van der Waals surface area contributed by atoms with Crippen LogP contribution < -0.4 is 0 Å². The Morgan fingerprint density at radius 1 is 1.21 bits per heavy atom. The molecule has 7 nitrogen and oxygen atoms in total. The number of carbonyl (C=O) groups excluding carboxylic acids is 2. The van der Waals surface area contributed by atoms with E-state index < -0.39 is 5.41 Å². The maximum Gasteiger partial charge on any atom is 0.317 e. The van der Waals surface area contributed by atoms with Gasteiger partial charge in [-0.3, -0.25) is 9.59 Å². The number of carbonyl (C=O) groups is 2. The molecule has 0 saturated carbocycles. The lowest BCUT2D eigenvalue weighted by molar-refractivity contribution is -0.156. The number of hydrogen-bond acceptors (Lipinski definition) is 6. The van der Waals surface area contributed by atoms with Crippen LogP contribution in [0.2, 0.25) is 0 Å². The van der Waals surface area contributed by atoms with Crippen LogP contribution in [0, 0.1) is 5.92 Å². The van der Waals surface area contributed by atoms with Gasteiger partial charge >= 0.3 is 5.97 Å². The van der Waals surface area contributed by atoms with Gasteiger partial charge in [0.05, 0.1) is 5.41 Å². The minimum absolute atomic E-state index is 0.0265. The number of piperidine rings is 1. The van der Waals surface area contributed by atoms with Crippen LogP contribution in [-0.4, -0.2) is 40.0 Å². The lowest BCUT2D eigenvalue weighted by Gasteiger charge is -2.39. The van der Waals surface area contributed by atoms with Crippen molar-refractivity contribution < 1.29 is 18.8 Å². The first kappa shape index (κ1) is 20.0. The van der Waals surface area contributed by atoms with Crippen LogP contribution in [0.1, 0.15) is 50.9 Å². The smallest absolute Gasteiger partial charge is 0.317 e. The Bertz CT molecular complexity index is 808. The molecule has 0 N–H and O–H groups in total. The van der Waals surface area contributed by atoms with Gasteiger partial charge < -0.3 is 14.2 Å². The van der Waals surface area contributed by atoms with E-state index >= 15 is 0 Å². The number of rotatable bonds is 6. The van der Waals surface area contributed by atoms with Crippen molar-refractivity contribution in [2.75, 3.05) is 13.1 Å². The van der Waals surface area contributed by atoms with Crippen molar-refractivity contribution in [1.82, 2.24) is 15.0 Å². The maximum absolute atomic E-state index is 13.1. The Hall–Kier alpha value is -2.70. The highest BCUT2D eigenvalue weighted by molar-refractivity contribution is 5.84. The third-order valence-corrected chi connectivity index (χ3v) is 5.21. The largest absolute Gasteiger partial charge is 0.455 e. The summed E-state index contributed by atoms with van der Waals surface area (Å²) in [6, 6.07) is 9.63. The lowest BCUT2D eigenvalue weighted by atomic mass is 9.72. The number of amides is 1. The molecule has 1 saturated heterocycles. The molecule has 0 unspecified atom stereocenters. The average molecular weight is 385 g/mol. The van der Waals surface area contributed by atoms with Crippen molar-refractivity contribution in [2.24, 2.45) is 5.92 Å². The molecule has 3 rings (SSSR count). The summed E-state index contributed by atoms with van der Waals surface area (Å²) in [5, 5.41) is 3.93. The van der Waals surface area contributed by atoms with Gasteiger partial charge in [0.1, 0.15) is 0 Å². The number of ether oxygens (including phenoxy) is 1. The number of benzene rings is 1. The van der Waals surface area contributed by atoms with E-state index in [0.29, 0.717) is 50.0 Å². The summed E-state index contributed by atoms with van der Waals surface area (Å²) in [6.07, 6.45) is 1.77. The normalized spacial score (nSPS) is 16.2. The first-order chi connectivity index (χ1) is 13.4. The van der Waals surface area contributed by atoms with Gasteiger partial charge in [0, 0.05) is 26.4 Å². The third-order valence-electron chi connectivity index (χ3n) is 5.21. The topological polar surface area (TPSA) is 85.5 Å². The van der Waals surface area contributed by atoms with Crippen molar-refractivity contribution in [3.63, 3.8) is 0 Å². The Balaban J connectivity index is 1.73. The van der Waals surface area contributed by atoms with Gasteiger partial charge in [-0.15, -0.1) is 0 Å². The highest BCUT2D eigenvalue weighted by atomic mass is 16.6. The Labute approximate surface area is 165 Å². The third kappa shape index (κ3) is 4.40. The summed E-state index contributed by atoms with van der Waals surface area (Å²) in [7, 11) is 0. The Morgan fingerprint density at radius 2 is 1.89 bits per heavy atom. The van der Waals surface area contributed by atoms with Crippen LogP contribution in [0.3, 0.4) is 0 Å². The molecule has 0 spiro atoms. The number of aromatic nitrogens is 2. The van der Waals surface area contributed by atoms with Gasteiger partial charge in [0.25, 0.3) is 5.89 Å². The predicted molar refractivity (Wildman–Crippen MR) is 102 cm³/mol. The standard InChI is InChI=1S/C21H27N3O4/c1-15(2)13-18-22-19(28-23-18)14-27-20(26)21(17-7-5-4-6-8-17)9-11-24(12-10-21)16(3)25/h4-8,15H,9-14H2,1-3H3. The van der Waals surface area contributed by atoms with Crippen molar-refractivity contribution in [2.45, 2.75) is 52.1 Å². The van der Waals surface area contributed by atoms with Crippen molar-refractivity contribution in [3.05, 3.63) is 47.6 Å². The molecule has 1 fully saturated rings. The Kier molecular flexibility index (Phi) is 6.11. The molecular formula is C21H27N3O4. The number of hydrogen-bond donors (Lipinski definition) is 0. The van der Waals surface area contributed by atoms with E-state index in [-0.39, 0.29) is 18.5 Å². The van der Waals surface area contributed by atoms with Gasteiger partial charge in [-0.25, -0.2) is 0 Å². The van der Waals surface area contributed by atoms with Gasteiger partial charge in [-0.2, -0.15) is 4.98 Å². The molecule has 1 aliphatic heterocycles. The summed E-state index contributed by atoms with van der Waals surface area (Å²) in [4.78, 5) is 30.9. The number of likely N-dealkylation sites (tertiary alicyclic amines) is 1. The second-order valence-corrected chi connectivity index (χ2v) is 7.73. The molecule has 1 aromatic carbocycles. The zero-order valence-electron chi connectivity index (χ0n) is 16.7. The molecular weight excluding hydrogens is 358 g/mol. The fourth-order valence-electron chi connectivity index (χ4n) is 3.63. The highest BCUT2D eigenvalue weighted by Gasteiger charge is 2.44. The second-order valence-electron chi connectivity index (χ2n) is 7.73. The monoisotopic (exact) mass is 385 g/mol. The molecule has 2 heterocycles. The summed E-state index contributed by atoms with van der Waals surface area (Å²) in [5.41, 5.74) is 0.141. The van der Waals surface area contributed by atoms with Crippen molar-refractivity contribution in [3.8, 4) is 0 Å². The predicted octanol–water partition coefficient (Wildman–Crippen LogP) is 2.89. The molecule has 0 aliphatic carbocycles. The van der Waals surface area contributed by atoms with E-state index in [0.717, 1.165) is 5.56 Å². The molecule has 7 heteroatoms. The molecule has 1 aromatic heterocycles. The second kappa shape index (κ2) is 8.54. The molecule has 0 radical (unpaired) electrons. The lowest BCUT2D eigenvalue weighted by Crippen LogP contribution is -2.49. The van der Waals surface area contributed by atoms with E-state index in [4.69, 9.17) is 9.26 Å². The van der Waals surface area contributed by atoms with Crippen molar-refractivity contribution >= 4 is 11.9 Å². The average Bonchev–Trinajstić information content (AvgIpc) is 3.13. The van der Waals surface area contributed by atoms with Crippen LogP contribution in [0.15, 0.2) is 34.9 Å². The van der Waals surface area contributed by atoms with E-state index in [9.17, 15) is 9.59 Å². The molecule has 1 aliphatic rings. The summed E-state index contributed by atoms with van der Waals surface area (Å²) in [6.45, 7) is 6.71. The molecule has 0 atom stereocenters. The van der Waals surface area contributed by atoms with E-state index in [1.165, 1.54) is 0 Å². The zero-order valence-corrected chi connectivity index (χ0v) is 16.7. The Morgan fingerprint density at radius 3 is 2.50 bits per heavy atom. The van der Waals surface area contributed by atoms with Crippen LogP contribution in [0.4, 0.5) is 0 Å². The molecule has 28 heavy (non-hydrogen) atoms. The molecule has 0 bridgehead atoms. The minimum Gasteiger partial charge on any atom is -0.455 e. The molecule has 2 aromatic rings. The number of esters is 1. The van der Waals surface area contributed by atoms with Gasteiger partial charge in [-0.05, 0) is 24.3 Å². The van der Waals surface area contributed by atoms with Crippen LogP contribution in [0.5, 0.6) is 0 Å². The van der Waals surface area contributed by atoms with Gasteiger partial charge in [-0.1, -0.05) is 49.3 Å². The highest BCUT2D eigenvalue weighted by Crippen LogP contribution is 2.37. The first-order valence-electron chi connectivity index (χ1n) is 9.70. The molecule has 1 amide bonds. The minimum atomic E-state index is -0.770. The summed E-state index contributed by atoms with van der Waals surface area (Å²) < 4.78 is 10.8. The SMILES string of the molecule is CC(=O)N1CCC(C(=O)OCc2nc(CC(C)C)no2)(c2ccccc2)CC1. The van der Waals surface area contributed by atoms with E-state index in [1.807, 2.05) is 30.3 Å². The fraction of sp³-hybridized carbons (Fsp3) is 0.524. The number of nitrogens with zero attached hydrogens (tertiary/aromatic N) is 3. The maximum atomic E-state index is 13.1. The fourth-order valence-corrected chi connectivity index (χ4v) is 3.63. The van der Waals surface area contributed by atoms with Gasteiger partial charge in [0.15, 0.2) is 12.4 Å². The van der Waals surface area contributed by atoms with Crippen LogP contribution in [-0.2, 0) is 32.8 Å². The van der Waals surface area contributed by atoms with Crippen molar-refractivity contribution in [1.29, 1.82) is 0 Å². The summed E-state index contributed by atoms with van der Waals surface area (Å²) >= 11 is 0. The van der Waals surface area contributed by atoms with Crippen LogP contribution >= 0.6 is 0 Å².